The molecular weight excluding hydrogens is 238 g/mol. The minimum absolute atomic E-state index is 0.228. The number of likely N-dealkylation sites (N-methyl/N-ethyl adjacent to an activating group) is 1. The summed E-state index contributed by atoms with van der Waals surface area (Å²) in [7, 11) is 4.37. The van der Waals surface area contributed by atoms with Gasteiger partial charge in [0.05, 0.1) is 26.2 Å². The largest absolute Gasteiger partial charge is 0.456 e. The molecule has 0 aromatic heterocycles. The molecule has 0 aliphatic carbocycles. The van der Waals surface area contributed by atoms with Crippen molar-refractivity contribution in [3.05, 3.63) is 35.9 Å². The van der Waals surface area contributed by atoms with Crippen molar-refractivity contribution in [1.29, 1.82) is 0 Å². The molecule has 0 amide bonds. The summed E-state index contributed by atoms with van der Waals surface area (Å²) in [5, 5.41) is 0. The quantitative estimate of drug-likeness (QED) is 0.410. The highest BCUT2D eigenvalue weighted by atomic mass is 16.5. The van der Waals surface area contributed by atoms with Crippen LogP contribution in [0.3, 0.4) is 0 Å². The number of rotatable bonds is 8. The molecule has 0 bridgehead atoms. The zero-order valence-corrected chi connectivity index (χ0v) is 12.4. The molecule has 19 heavy (non-hydrogen) atoms. The minimum Gasteiger partial charge on any atom is -0.456 e. The van der Waals surface area contributed by atoms with Gasteiger partial charge in [-0.2, -0.15) is 0 Å². The fourth-order valence-electron chi connectivity index (χ4n) is 1.94. The summed E-state index contributed by atoms with van der Waals surface area (Å²) in [6.45, 7) is 4.69. The number of ether oxygens (including phenoxy) is 1. The van der Waals surface area contributed by atoms with E-state index < -0.39 is 0 Å². The lowest BCUT2D eigenvalue weighted by Crippen LogP contribution is -2.43. The molecule has 0 heterocycles. The van der Waals surface area contributed by atoms with Crippen LogP contribution >= 0.6 is 0 Å². The van der Waals surface area contributed by atoms with Gasteiger partial charge in [0.2, 0.25) is 0 Å². The van der Waals surface area contributed by atoms with Crippen LogP contribution in [0.5, 0.6) is 0 Å². The molecule has 1 rings (SSSR count). The minimum atomic E-state index is -0.228. The fourth-order valence-corrected chi connectivity index (χ4v) is 1.94. The van der Waals surface area contributed by atoms with Crippen molar-refractivity contribution in [2.24, 2.45) is 0 Å². The van der Waals surface area contributed by atoms with Crippen LogP contribution in [0.1, 0.15) is 36.5 Å². The molecule has 3 heteroatoms. The van der Waals surface area contributed by atoms with Crippen LogP contribution in [0.4, 0.5) is 0 Å². The summed E-state index contributed by atoms with van der Waals surface area (Å²) in [6.07, 6.45) is 3.74. The van der Waals surface area contributed by atoms with E-state index in [1.54, 1.807) is 12.1 Å². The number of esters is 1. The van der Waals surface area contributed by atoms with Gasteiger partial charge in [-0.1, -0.05) is 31.5 Å². The van der Waals surface area contributed by atoms with Crippen LogP contribution in [0, 0.1) is 0 Å². The summed E-state index contributed by atoms with van der Waals surface area (Å²) in [4.78, 5) is 11.8. The van der Waals surface area contributed by atoms with Crippen molar-refractivity contribution in [3.8, 4) is 0 Å². The number of hydrogen-bond acceptors (Lipinski definition) is 2. The second-order valence-electron chi connectivity index (χ2n) is 5.59. The lowest BCUT2D eigenvalue weighted by molar-refractivity contribution is -0.890. The highest BCUT2D eigenvalue weighted by Gasteiger charge is 2.15. The Bertz CT molecular complexity index is 374. The highest BCUT2D eigenvalue weighted by Crippen LogP contribution is 2.05. The zero-order valence-electron chi connectivity index (χ0n) is 12.4. The number of nitrogens with zero attached hydrogens (tertiary/aromatic N) is 1. The molecule has 106 valence electrons. The van der Waals surface area contributed by atoms with Crippen LogP contribution in [0.2, 0.25) is 0 Å². The SMILES string of the molecule is CCCCC[N+](C)(C)CCOC(=O)c1ccccc1. The van der Waals surface area contributed by atoms with Gasteiger partial charge < -0.3 is 9.22 Å². The number of quaternary nitrogens is 1. The Morgan fingerprint density at radius 3 is 2.42 bits per heavy atom. The normalized spacial score (nSPS) is 11.3. The van der Waals surface area contributed by atoms with E-state index in [4.69, 9.17) is 4.74 Å². The van der Waals surface area contributed by atoms with Crippen molar-refractivity contribution in [2.45, 2.75) is 26.2 Å². The van der Waals surface area contributed by atoms with Crippen molar-refractivity contribution in [3.63, 3.8) is 0 Å². The summed E-state index contributed by atoms with van der Waals surface area (Å²) < 4.78 is 6.22. The predicted molar refractivity (Wildman–Crippen MR) is 78.1 cm³/mol. The van der Waals surface area contributed by atoms with Gasteiger partial charge >= 0.3 is 5.97 Å². The molecule has 1 aromatic rings. The van der Waals surface area contributed by atoms with Crippen molar-refractivity contribution in [1.82, 2.24) is 0 Å². The monoisotopic (exact) mass is 264 g/mol. The van der Waals surface area contributed by atoms with Gasteiger partial charge in [-0.15, -0.1) is 0 Å². The van der Waals surface area contributed by atoms with Crippen LogP contribution in [0.15, 0.2) is 30.3 Å². The number of hydrogen-bond donors (Lipinski definition) is 0. The second kappa shape index (κ2) is 7.95. The summed E-state index contributed by atoms with van der Waals surface area (Å²) in [5.74, 6) is -0.228. The Morgan fingerprint density at radius 2 is 1.79 bits per heavy atom. The third-order valence-electron chi connectivity index (χ3n) is 3.31. The molecule has 0 saturated carbocycles. The van der Waals surface area contributed by atoms with E-state index in [9.17, 15) is 4.79 Å². The van der Waals surface area contributed by atoms with Gasteiger partial charge in [0.15, 0.2) is 0 Å². The molecule has 0 radical (unpaired) electrons. The van der Waals surface area contributed by atoms with E-state index in [1.165, 1.54) is 19.3 Å². The Hall–Kier alpha value is -1.35. The van der Waals surface area contributed by atoms with E-state index in [2.05, 4.69) is 21.0 Å². The van der Waals surface area contributed by atoms with Crippen LogP contribution < -0.4 is 0 Å². The number of unbranched alkanes of at least 4 members (excludes halogenated alkanes) is 2. The molecule has 0 atom stereocenters. The summed E-state index contributed by atoms with van der Waals surface area (Å²) in [5.41, 5.74) is 0.624. The molecule has 0 fully saturated rings. The smallest absolute Gasteiger partial charge is 0.338 e. The van der Waals surface area contributed by atoms with Crippen LogP contribution in [0.25, 0.3) is 0 Å². The van der Waals surface area contributed by atoms with Gasteiger partial charge in [0.1, 0.15) is 13.2 Å². The maximum Gasteiger partial charge on any atom is 0.338 e. The highest BCUT2D eigenvalue weighted by molar-refractivity contribution is 5.89. The van der Waals surface area contributed by atoms with Crippen molar-refractivity contribution >= 4 is 5.97 Å². The van der Waals surface area contributed by atoms with E-state index in [0.29, 0.717) is 12.2 Å². The standard InChI is InChI=1S/C16H26NO2/c1-4-5-9-12-17(2,3)13-14-19-16(18)15-10-7-6-8-11-15/h6-8,10-11H,4-5,9,12-14H2,1-3H3/q+1. The first kappa shape index (κ1) is 15.7. The summed E-state index contributed by atoms with van der Waals surface area (Å²) >= 11 is 0. The first-order valence-electron chi connectivity index (χ1n) is 7.09. The lowest BCUT2D eigenvalue weighted by Gasteiger charge is -2.29. The van der Waals surface area contributed by atoms with E-state index >= 15 is 0 Å². The molecule has 0 aliphatic rings. The molecule has 0 aliphatic heterocycles. The Balaban J connectivity index is 2.27. The summed E-state index contributed by atoms with van der Waals surface area (Å²) in [6, 6.07) is 9.15. The molecule has 1 aromatic carbocycles. The number of benzene rings is 1. The lowest BCUT2D eigenvalue weighted by atomic mass is 10.2. The van der Waals surface area contributed by atoms with Gasteiger partial charge in [0.25, 0.3) is 0 Å². The zero-order chi connectivity index (χ0) is 14.1. The van der Waals surface area contributed by atoms with Crippen molar-refractivity contribution < 1.29 is 14.0 Å². The molecular formula is C16H26NO2+. The number of carbonyl (C=O) groups excluding carboxylic acids is 1. The average molecular weight is 264 g/mol. The molecule has 0 unspecified atom stereocenters. The predicted octanol–water partition coefficient (Wildman–Crippen LogP) is 3.11. The Morgan fingerprint density at radius 1 is 1.11 bits per heavy atom. The first-order chi connectivity index (χ1) is 9.05. The van der Waals surface area contributed by atoms with E-state index in [1.807, 2.05) is 18.2 Å². The average Bonchev–Trinajstić information content (AvgIpc) is 2.39. The van der Waals surface area contributed by atoms with Crippen LogP contribution in [-0.2, 0) is 4.74 Å². The van der Waals surface area contributed by atoms with E-state index in [0.717, 1.165) is 17.6 Å². The second-order valence-corrected chi connectivity index (χ2v) is 5.59. The van der Waals surface area contributed by atoms with Crippen molar-refractivity contribution in [2.75, 3.05) is 33.8 Å². The topological polar surface area (TPSA) is 26.3 Å². The maximum absolute atomic E-state index is 11.8. The van der Waals surface area contributed by atoms with Crippen LogP contribution in [-0.4, -0.2) is 44.2 Å². The van der Waals surface area contributed by atoms with Gasteiger partial charge in [0, 0.05) is 0 Å². The molecule has 3 nitrogen and oxygen atoms in total. The van der Waals surface area contributed by atoms with E-state index in [-0.39, 0.29) is 5.97 Å². The molecule has 0 N–H and O–H groups in total. The third-order valence-corrected chi connectivity index (χ3v) is 3.31. The number of carbonyl (C=O) groups is 1. The third kappa shape index (κ3) is 6.39. The van der Waals surface area contributed by atoms with Gasteiger partial charge in [-0.3, -0.25) is 0 Å². The van der Waals surface area contributed by atoms with Gasteiger partial charge in [-0.05, 0) is 25.0 Å². The molecule has 0 saturated heterocycles. The molecule has 0 spiro atoms. The van der Waals surface area contributed by atoms with Gasteiger partial charge in [-0.25, -0.2) is 4.79 Å². The Kier molecular flexibility index (Phi) is 6.57. The Labute approximate surface area is 116 Å². The first-order valence-corrected chi connectivity index (χ1v) is 7.09. The fraction of sp³-hybridized carbons (Fsp3) is 0.562. The maximum atomic E-state index is 11.8.